The van der Waals surface area contributed by atoms with E-state index in [9.17, 15) is 14.0 Å². The lowest BCUT2D eigenvalue weighted by Gasteiger charge is -2.20. The van der Waals surface area contributed by atoms with Gasteiger partial charge in [-0.05, 0) is 32.0 Å². The molecule has 0 aromatic heterocycles. The summed E-state index contributed by atoms with van der Waals surface area (Å²) in [4.78, 5) is 25.6. The van der Waals surface area contributed by atoms with Crippen molar-refractivity contribution < 1.29 is 14.0 Å². The Morgan fingerprint density at radius 3 is 2.75 bits per heavy atom. The summed E-state index contributed by atoms with van der Waals surface area (Å²) < 4.78 is 12.9. The van der Waals surface area contributed by atoms with Crippen LogP contribution in [-0.4, -0.2) is 29.3 Å². The first-order chi connectivity index (χ1) is 9.38. The molecule has 20 heavy (non-hydrogen) atoms. The largest absolute Gasteiger partial charge is 0.339 e. The predicted octanol–water partition coefficient (Wildman–Crippen LogP) is 2.67. The zero-order chi connectivity index (χ0) is 14.9. The normalized spacial score (nSPS) is 18.8. The molecule has 2 amide bonds. The Morgan fingerprint density at radius 2 is 2.20 bits per heavy atom. The maximum Gasteiger partial charge on any atom is 0.229 e. The number of rotatable bonds is 3. The molecule has 0 bridgehead atoms. The van der Waals surface area contributed by atoms with E-state index < -0.39 is 11.7 Å². The maximum absolute atomic E-state index is 12.9. The van der Waals surface area contributed by atoms with E-state index in [4.69, 9.17) is 11.6 Å². The van der Waals surface area contributed by atoms with Gasteiger partial charge in [-0.2, -0.15) is 0 Å². The first-order valence-electron chi connectivity index (χ1n) is 6.44. The average molecular weight is 299 g/mol. The molecular weight excluding hydrogens is 283 g/mol. The molecule has 1 aliphatic heterocycles. The first-order valence-corrected chi connectivity index (χ1v) is 6.81. The van der Waals surface area contributed by atoms with Crippen molar-refractivity contribution in [3.05, 3.63) is 29.0 Å². The van der Waals surface area contributed by atoms with Crippen LogP contribution in [0.4, 0.5) is 10.1 Å². The zero-order valence-corrected chi connectivity index (χ0v) is 12.1. The number of carbonyl (C=O) groups excluding carboxylic acids is 2. The van der Waals surface area contributed by atoms with E-state index >= 15 is 0 Å². The number of nitrogens with one attached hydrogen (secondary N) is 1. The summed E-state index contributed by atoms with van der Waals surface area (Å²) in [6.45, 7) is 4.23. The topological polar surface area (TPSA) is 49.4 Å². The number of hydrogen-bond acceptors (Lipinski definition) is 2. The summed E-state index contributed by atoms with van der Waals surface area (Å²) in [6, 6.07) is 3.85. The highest BCUT2D eigenvalue weighted by Gasteiger charge is 2.35. The molecule has 1 aromatic rings. The molecule has 108 valence electrons. The van der Waals surface area contributed by atoms with E-state index in [0.29, 0.717) is 12.2 Å². The Kier molecular flexibility index (Phi) is 4.28. The molecule has 2 rings (SSSR count). The van der Waals surface area contributed by atoms with Crippen LogP contribution in [0.15, 0.2) is 18.2 Å². The van der Waals surface area contributed by atoms with Crippen molar-refractivity contribution in [1.82, 2.24) is 4.90 Å². The molecular formula is C14H16ClFN2O2. The van der Waals surface area contributed by atoms with Crippen LogP contribution in [0.2, 0.25) is 5.02 Å². The fraction of sp³-hybridized carbons (Fsp3) is 0.429. The molecule has 0 radical (unpaired) electrons. The number of carbonyl (C=O) groups is 2. The number of likely N-dealkylation sites (tertiary alicyclic amines) is 1. The van der Waals surface area contributed by atoms with Gasteiger partial charge in [-0.1, -0.05) is 11.6 Å². The number of halogens is 2. The second kappa shape index (κ2) is 5.79. The molecule has 1 heterocycles. The first kappa shape index (κ1) is 14.8. The fourth-order valence-electron chi connectivity index (χ4n) is 2.23. The SMILES string of the molecule is CC(C)N1C[C@H](C(=O)Nc2ccc(F)cc2Cl)CC1=O. The molecule has 1 N–H and O–H groups in total. The zero-order valence-electron chi connectivity index (χ0n) is 11.3. The predicted molar refractivity (Wildman–Crippen MR) is 75.0 cm³/mol. The van der Waals surface area contributed by atoms with Crippen molar-refractivity contribution in [3.63, 3.8) is 0 Å². The molecule has 0 aliphatic carbocycles. The summed E-state index contributed by atoms with van der Waals surface area (Å²) in [5.41, 5.74) is 0.355. The number of benzene rings is 1. The molecule has 1 fully saturated rings. The Balaban J connectivity index is 2.04. The van der Waals surface area contributed by atoms with Crippen LogP contribution < -0.4 is 5.32 Å². The molecule has 0 spiro atoms. The van der Waals surface area contributed by atoms with E-state index in [-0.39, 0.29) is 29.3 Å². The standard InChI is InChI=1S/C14H16ClFN2O2/c1-8(2)18-7-9(5-13(18)19)14(20)17-12-4-3-10(16)6-11(12)15/h3-4,6,8-9H,5,7H2,1-2H3,(H,17,20)/t9-/m1/s1. The lowest BCUT2D eigenvalue weighted by atomic mass is 10.1. The third-order valence-corrected chi connectivity index (χ3v) is 3.65. The number of amides is 2. The fourth-order valence-corrected chi connectivity index (χ4v) is 2.45. The van der Waals surface area contributed by atoms with Gasteiger partial charge < -0.3 is 10.2 Å². The van der Waals surface area contributed by atoms with Crippen LogP contribution in [0.25, 0.3) is 0 Å². The Labute approximate surface area is 121 Å². The number of anilines is 1. The van der Waals surface area contributed by atoms with Crippen molar-refractivity contribution in [3.8, 4) is 0 Å². The molecule has 4 nitrogen and oxygen atoms in total. The highest BCUT2D eigenvalue weighted by molar-refractivity contribution is 6.33. The van der Waals surface area contributed by atoms with Gasteiger partial charge in [-0.15, -0.1) is 0 Å². The van der Waals surface area contributed by atoms with Gasteiger partial charge in [0.1, 0.15) is 5.82 Å². The Morgan fingerprint density at radius 1 is 1.50 bits per heavy atom. The van der Waals surface area contributed by atoms with Gasteiger partial charge in [0, 0.05) is 19.0 Å². The highest BCUT2D eigenvalue weighted by Crippen LogP contribution is 2.25. The van der Waals surface area contributed by atoms with Crippen molar-refractivity contribution in [2.45, 2.75) is 26.3 Å². The van der Waals surface area contributed by atoms with E-state index in [2.05, 4.69) is 5.32 Å². The van der Waals surface area contributed by atoms with Gasteiger partial charge in [0.25, 0.3) is 0 Å². The van der Waals surface area contributed by atoms with E-state index in [1.807, 2.05) is 13.8 Å². The van der Waals surface area contributed by atoms with Gasteiger partial charge in [0.15, 0.2) is 0 Å². The Hall–Kier alpha value is -1.62. The van der Waals surface area contributed by atoms with Crippen LogP contribution in [-0.2, 0) is 9.59 Å². The van der Waals surface area contributed by atoms with Gasteiger partial charge in [0.2, 0.25) is 11.8 Å². The monoisotopic (exact) mass is 298 g/mol. The molecule has 1 aliphatic rings. The van der Waals surface area contributed by atoms with Crippen LogP contribution in [0.1, 0.15) is 20.3 Å². The van der Waals surface area contributed by atoms with Crippen LogP contribution in [0.5, 0.6) is 0 Å². The molecule has 0 unspecified atom stereocenters. The van der Waals surface area contributed by atoms with Gasteiger partial charge in [0.05, 0.1) is 16.6 Å². The summed E-state index contributed by atoms with van der Waals surface area (Å²) >= 11 is 5.86. The van der Waals surface area contributed by atoms with Gasteiger partial charge >= 0.3 is 0 Å². The molecule has 1 atom stereocenters. The van der Waals surface area contributed by atoms with Crippen LogP contribution in [0, 0.1) is 11.7 Å². The molecule has 0 saturated carbocycles. The summed E-state index contributed by atoms with van der Waals surface area (Å²) in [6.07, 6.45) is 0.197. The second-order valence-corrected chi connectivity index (χ2v) is 5.56. The number of hydrogen-bond donors (Lipinski definition) is 1. The second-order valence-electron chi connectivity index (χ2n) is 5.15. The van der Waals surface area contributed by atoms with Crippen LogP contribution in [0.3, 0.4) is 0 Å². The minimum Gasteiger partial charge on any atom is -0.339 e. The third kappa shape index (κ3) is 3.10. The minimum absolute atomic E-state index is 0.0228. The van der Waals surface area contributed by atoms with Crippen LogP contribution >= 0.6 is 11.6 Å². The maximum atomic E-state index is 12.9. The van der Waals surface area contributed by atoms with E-state index in [1.165, 1.54) is 12.1 Å². The number of nitrogens with zero attached hydrogens (tertiary/aromatic N) is 1. The highest BCUT2D eigenvalue weighted by atomic mass is 35.5. The van der Waals surface area contributed by atoms with E-state index in [0.717, 1.165) is 6.07 Å². The average Bonchev–Trinajstić information content (AvgIpc) is 2.75. The summed E-state index contributed by atoms with van der Waals surface area (Å²) in [5, 5.41) is 2.78. The minimum atomic E-state index is -0.463. The lowest BCUT2D eigenvalue weighted by molar-refractivity contribution is -0.129. The summed E-state index contributed by atoms with van der Waals surface area (Å²) in [5.74, 6) is -1.15. The van der Waals surface area contributed by atoms with Crippen molar-refractivity contribution in [1.29, 1.82) is 0 Å². The van der Waals surface area contributed by atoms with E-state index in [1.54, 1.807) is 4.90 Å². The van der Waals surface area contributed by atoms with Gasteiger partial charge in [-0.3, -0.25) is 9.59 Å². The van der Waals surface area contributed by atoms with Gasteiger partial charge in [-0.25, -0.2) is 4.39 Å². The van der Waals surface area contributed by atoms with Crippen molar-refractivity contribution in [2.75, 3.05) is 11.9 Å². The lowest BCUT2D eigenvalue weighted by Crippen LogP contribution is -2.33. The molecule has 1 saturated heterocycles. The Bertz CT molecular complexity index is 548. The summed E-state index contributed by atoms with van der Waals surface area (Å²) in [7, 11) is 0. The molecule has 6 heteroatoms. The van der Waals surface area contributed by atoms with Crippen molar-refractivity contribution >= 4 is 29.1 Å². The smallest absolute Gasteiger partial charge is 0.229 e. The third-order valence-electron chi connectivity index (χ3n) is 3.34. The molecule has 1 aromatic carbocycles. The quantitative estimate of drug-likeness (QED) is 0.932. The van der Waals surface area contributed by atoms with Crippen molar-refractivity contribution in [2.24, 2.45) is 5.92 Å².